The highest BCUT2D eigenvalue weighted by molar-refractivity contribution is 7.89. The maximum Gasteiger partial charge on any atom is 0.264 e. The van der Waals surface area contributed by atoms with Crippen LogP contribution in [0.4, 0.5) is 4.39 Å². The van der Waals surface area contributed by atoms with Gasteiger partial charge in [-0.05, 0) is 66.4 Å². The van der Waals surface area contributed by atoms with E-state index in [2.05, 4.69) is 39.1 Å². The predicted octanol–water partition coefficient (Wildman–Crippen LogP) is 3.16. The Labute approximate surface area is 224 Å². The van der Waals surface area contributed by atoms with Crippen molar-refractivity contribution in [2.75, 3.05) is 13.1 Å². The third kappa shape index (κ3) is 3.44. The molecule has 0 radical (unpaired) electrons. The molecular formula is C27H25FN8O2S. The maximum atomic E-state index is 13.5. The number of fused-ring (bicyclic) bond motifs is 2. The number of halogens is 1. The average Bonchev–Trinajstić information content (AvgIpc) is 3.55. The van der Waals surface area contributed by atoms with E-state index in [0.717, 1.165) is 33.4 Å². The molecule has 2 aliphatic rings. The molecule has 3 aromatic heterocycles. The highest BCUT2D eigenvalue weighted by atomic mass is 32.2. The number of piperidine rings is 1. The molecular weight excluding hydrogens is 519 g/mol. The SMILES string of the molecule is C=C([C@@H]1[C@H]2CN(S(=O)(=O)c3cnn(C)n3)C[C@]21c1cc2cnn(-c3ccc(F)cc3)c2cc1C)n1cccn1. The number of hydrogen-bond acceptors (Lipinski definition) is 6. The molecule has 1 aliphatic carbocycles. The highest BCUT2D eigenvalue weighted by Crippen LogP contribution is 2.68. The number of hydrogen-bond donors (Lipinski definition) is 0. The van der Waals surface area contributed by atoms with Crippen LogP contribution < -0.4 is 0 Å². The fourth-order valence-corrected chi connectivity index (χ4v) is 7.78. The van der Waals surface area contributed by atoms with Crippen LogP contribution in [0.25, 0.3) is 22.3 Å². The third-order valence-electron chi connectivity index (χ3n) is 8.18. The molecule has 0 bridgehead atoms. The number of rotatable bonds is 6. The first-order valence-electron chi connectivity index (χ1n) is 12.5. The number of nitrogens with zero attached hydrogens (tertiary/aromatic N) is 8. The van der Waals surface area contributed by atoms with Gasteiger partial charge in [0, 0.05) is 54.9 Å². The molecule has 4 heterocycles. The van der Waals surface area contributed by atoms with Crippen LogP contribution in [0.1, 0.15) is 11.1 Å². The molecule has 1 saturated heterocycles. The molecule has 0 N–H and O–H groups in total. The van der Waals surface area contributed by atoms with E-state index in [0.29, 0.717) is 13.1 Å². The van der Waals surface area contributed by atoms with Crippen LogP contribution in [0.3, 0.4) is 0 Å². The van der Waals surface area contributed by atoms with E-state index in [4.69, 9.17) is 0 Å². The van der Waals surface area contributed by atoms with E-state index in [-0.39, 0.29) is 22.7 Å². The number of sulfonamides is 1. The monoisotopic (exact) mass is 544 g/mol. The van der Waals surface area contributed by atoms with Crippen molar-refractivity contribution in [1.82, 2.24) is 38.9 Å². The van der Waals surface area contributed by atoms with Crippen molar-refractivity contribution < 1.29 is 12.8 Å². The van der Waals surface area contributed by atoms with E-state index in [9.17, 15) is 12.8 Å². The molecule has 0 amide bonds. The van der Waals surface area contributed by atoms with Crippen molar-refractivity contribution in [3.8, 4) is 5.69 Å². The zero-order valence-electron chi connectivity index (χ0n) is 21.3. The van der Waals surface area contributed by atoms with Crippen molar-refractivity contribution in [3.63, 3.8) is 0 Å². The van der Waals surface area contributed by atoms with Crippen LogP contribution >= 0.6 is 0 Å². The lowest BCUT2D eigenvalue weighted by atomic mass is 9.87. The Balaban J connectivity index is 1.32. The van der Waals surface area contributed by atoms with Crippen molar-refractivity contribution in [3.05, 3.63) is 90.8 Å². The number of aromatic nitrogens is 7. The molecule has 0 spiro atoms. The number of aryl methyl sites for hydroxylation is 2. The molecule has 2 fully saturated rings. The van der Waals surface area contributed by atoms with Gasteiger partial charge in [0.15, 0.2) is 0 Å². The molecule has 10 nitrogen and oxygen atoms in total. The summed E-state index contributed by atoms with van der Waals surface area (Å²) in [7, 11) is -2.23. The van der Waals surface area contributed by atoms with Crippen LogP contribution in [-0.2, 0) is 22.5 Å². The van der Waals surface area contributed by atoms with Crippen LogP contribution in [0.15, 0.2) is 78.9 Å². The average molecular weight is 545 g/mol. The lowest BCUT2D eigenvalue weighted by Crippen LogP contribution is -2.35. The van der Waals surface area contributed by atoms with Crippen LogP contribution in [0.5, 0.6) is 0 Å². The summed E-state index contributed by atoms with van der Waals surface area (Å²) in [6.07, 6.45) is 6.65. The summed E-state index contributed by atoms with van der Waals surface area (Å²) in [5.74, 6) is -0.281. The fourth-order valence-electron chi connectivity index (χ4n) is 6.37. The summed E-state index contributed by atoms with van der Waals surface area (Å²) in [4.78, 5) is 1.25. The molecule has 2 aromatic carbocycles. The second-order valence-corrected chi connectivity index (χ2v) is 12.2. The minimum absolute atomic E-state index is 0.00833. The lowest BCUT2D eigenvalue weighted by Gasteiger charge is -2.25. The summed E-state index contributed by atoms with van der Waals surface area (Å²) >= 11 is 0. The fraction of sp³-hybridized carbons (Fsp3) is 0.259. The van der Waals surface area contributed by atoms with Gasteiger partial charge >= 0.3 is 0 Å². The van der Waals surface area contributed by atoms with Gasteiger partial charge in [-0.2, -0.15) is 24.4 Å². The smallest absolute Gasteiger partial charge is 0.245 e. The summed E-state index contributed by atoms with van der Waals surface area (Å²) < 4.78 is 45.6. The molecule has 1 aliphatic heterocycles. The minimum Gasteiger partial charge on any atom is -0.245 e. The van der Waals surface area contributed by atoms with Crippen LogP contribution in [0, 0.1) is 24.6 Å². The summed E-state index contributed by atoms with van der Waals surface area (Å²) in [5, 5.41) is 17.8. The largest absolute Gasteiger partial charge is 0.264 e. The zero-order chi connectivity index (χ0) is 27.1. The Morgan fingerprint density at radius 1 is 1.13 bits per heavy atom. The van der Waals surface area contributed by atoms with Crippen LogP contribution in [0.2, 0.25) is 0 Å². The Hall–Kier alpha value is -4.16. The molecule has 5 aromatic rings. The van der Waals surface area contributed by atoms with Gasteiger partial charge < -0.3 is 0 Å². The highest BCUT2D eigenvalue weighted by Gasteiger charge is 2.72. The minimum atomic E-state index is -3.82. The van der Waals surface area contributed by atoms with Crippen LogP contribution in [-0.4, -0.2) is 60.4 Å². The molecule has 3 atom stereocenters. The Bertz CT molecular complexity index is 1860. The Morgan fingerprint density at radius 2 is 1.92 bits per heavy atom. The number of allylic oxidation sites excluding steroid dienone is 1. The second kappa shape index (κ2) is 8.17. The van der Waals surface area contributed by atoms with Gasteiger partial charge in [0.05, 0.1) is 23.6 Å². The summed E-state index contributed by atoms with van der Waals surface area (Å²) in [5.41, 5.74) is 4.09. The molecule has 198 valence electrons. The quantitative estimate of drug-likeness (QED) is 0.325. The first-order chi connectivity index (χ1) is 18.7. The lowest BCUT2D eigenvalue weighted by molar-refractivity contribution is 0.412. The summed E-state index contributed by atoms with van der Waals surface area (Å²) in [6, 6.07) is 12.2. The summed E-state index contributed by atoms with van der Waals surface area (Å²) in [6.45, 7) is 7.03. The molecule has 12 heteroatoms. The van der Waals surface area contributed by atoms with Gasteiger partial charge in [-0.1, -0.05) is 6.58 Å². The van der Waals surface area contributed by atoms with E-state index in [1.807, 2.05) is 19.2 Å². The maximum absolute atomic E-state index is 13.5. The van der Waals surface area contributed by atoms with E-state index < -0.39 is 15.4 Å². The Morgan fingerprint density at radius 3 is 2.62 bits per heavy atom. The third-order valence-corrected chi connectivity index (χ3v) is 9.85. The first kappa shape index (κ1) is 23.9. The standard InChI is InChI=1S/C27H25FN8O2S/c1-17-11-24-19(13-31-36(24)21-7-5-20(28)6-8-21)12-22(17)27-16-34(39(37,38)25-14-30-33(3)32-25)15-23(27)26(27)18(2)35-10-4-9-29-35/h4-14,23,26H,2,15-16H2,1,3H3/t23-,26-,27+/m1/s1. The number of benzene rings is 2. The molecule has 7 rings (SSSR count). The van der Waals surface area contributed by atoms with Gasteiger partial charge in [-0.3, -0.25) is 0 Å². The predicted molar refractivity (Wildman–Crippen MR) is 142 cm³/mol. The van der Waals surface area contributed by atoms with Crippen molar-refractivity contribution in [1.29, 1.82) is 0 Å². The van der Waals surface area contributed by atoms with Crippen molar-refractivity contribution >= 4 is 26.6 Å². The van der Waals surface area contributed by atoms with Crippen molar-refractivity contribution in [2.45, 2.75) is 17.4 Å². The second-order valence-electron chi connectivity index (χ2n) is 10.3. The van der Waals surface area contributed by atoms with Gasteiger partial charge in [0.25, 0.3) is 10.0 Å². The molecule has 1 saturated carbocycles. The topological polar surface area (TPSA) is 104 Å². The zero-order valence-corrected chi connectivity index (χ0v) is 22.1. The molecule has 0 unspecified atom stereocenters. The van der Waals surface area contributed by atoms with Gasteiger partial charge in [-0.25, -0.2) is 22.2 Å². The van der Waals surface area contributed by atoms with Gasteiger partial charge in [-0.15, -0.1) is 5.10 Å². The van der Waals surface area contributed by atoms with Gasteiger partial charge in [0.2, 0.25) is 5.03 Å². The van der Waals surface area contributed by atoms with Crippen molar-refractivity contribution in [2.24, 2.45) is 18.9 Å². The van der Waals surface area contributed by atoms with E-state index in [1.54, 1.807) is 40.9 Å². The van der Waals surface area contributed by atoms with Gasteiger partial charge in [0.1, 0.15) is 5.82 Å². The normalized spacial score (nSPS) is 22.8. The van der Waals surface area contributed by atoms with E-state index >= 15 is 0 Å². The van der Waals surface area contributed by atoms with E-state index in [1.165, 1.54) is 27.4 Å². The molecule has 39 heavy (non-hydrogen) atoms. The Kier molecular flexibility index (Phi) is 5.01. The first-order valence-corrected chi connectivity index (χ1v) is 13.9.